The molecule has 0 fully saturated rings. The summed E-state index contributed by atoms with van der Waals surface area (Å²) in [5.74, 6) is 0.519. The SMILES string of the molecule is CCN1C(=O)C(C)(C)c2cc(S(=O)(=O)NCc3ccco3)ccc21. The number of hydrogen-bond acceptors (Lipinski definition) is 4. The fourth-order valence-corrected chi connectivity index (χ4v) is 3.98. The van der Waals surface area contributed by atoms with Gasteiger partial charge in [0, 0.05) is 12.2 Å². The van der Waals surface area contributed by atoms with Crippen LogP contribution in [0.2, 0.25) is 0 Å². The zero-order chi connectivity index (χ0) is 17.5. The van der Waals surface area contributed by atoms with Gasteiger partial charge in [0.25, 0.3) is 0 Å². The van der Waals surface area contributed by atoms with Gasteiger partial charge in [-0.15, -0.1) is 0 Å². The summed E-state index contributed by atoms with van der Waals surface area (Å²) in [5, 5.41) is 0. The maximum atomic E-state index is 12.5. The highest BCUT2D eigenvalue weighted by Crippen LogP contribution is 2.42. The van der Waals surface area contributed by atoms with Gasteiger partial charge in [0.15, 0.2) is 0 Å². The molecule has 128 valence electrons. The molecule has 0 saturated carbocycles. The quantitative estimate of drug-likeness (QED) is 0.900. The highest BCUT2D eigenvalue weighted by molar-refractivity contribution is 7.89. The van der Waals surface area contributed by atoms with E-state index in [1.807, 2.05) is 20.8 Å². The van der Waals surface area contributed by atoms with E-state index < -0.39 is 15.4 Å². The number of amides is 1. The lowest BCUT2D eigenvalue weighted by atomic mass is 9.86. The molecule has 0 aliphatic carbocycles. The molecule has 1 aliphatic rings. The molecule has 1 aliphatic heterocycles. The summed E-state index contributed by atoms with van der Waals surface area (Å²) < 4.78 is 32.7. The van der Waals surface area contributed by atoms with Gasteiger partial charge >= 0.3 is 0 Å². The number of furan rings is 1. The van der Waals surface area contributed by atoms with Gasteiger partial charge in [-0.05, 0) is 56.7 Å². The van der Waals surface area contributed by atoms with Crippen molar-refractivity contribution in [1.29, 1.82) is 0 Å². The van der Waals surface area contributed by atoms with Gasteiger partial charge in [0.05, 0.1) is 23.1 Å². The number of nitrogens with one attached hydrogen (secondary N) is 1. The molecule has 3 rings (SSSR count). The van der Waals surface area contributed by atoms with E-state index in [1.54, 1.807) is 29.2 Å². The molecule has 2 aromatic rings. The number of carbonyl (C=O) groups is 1. The summed E-state index contributed by atoms with van der Waals surface area (Å²) in [6.45, 7) is 6.17. The lowest BCUT2D eigenvalue weighted by molar-refractivity contribution is -0.122. The summed E-state index contributed by atoms with van der Waals surface area (Å²) in [6, 6.07) is 8.22. The van der Waals surface area contributed by atoms with Crippen molar-refractivity contribution in [1.82, 2.24) is 4.72 Å². The molecule has 1 aromatic carbocycles. The van der Waals surface area contributed by atoms with Crippen LogP contribution in [0, 0.1) is 0 Å². The van der Waals surface area contributed by atoms with Crippen molar-refractivity contribution in [2.24, 2.45) is 0 Å². The number of fused-ring (bicyclic) bond motifs is 1. The molecule has 1 amide bonds. The Morgan fingerprint density at radius 2 is 2.00 bits per heavy atom. The molecule has 0 bridgehead atoms. The van der Waals surface area contributed by atoms with Crippen molar-refractivity contribution < 1.29 is 17.6 Å². The van der Waals surface area contributed by atoms with E-state index in [1.165, 1.54) is 12.3 Å². The maximum Gasteiger partial charge on any atom is 0.240 e. The lowest BCUT2D eigenvalue weighted by Crippen LogP contribution is -2.35. The van der Waals surface area contributed by atoms with Gasteiger partial charge in [0.1, 0.15) is 5.76 Å². The van der Waals surface area contributed by atoms with Gasteiger partial charge in [-0.2, -0.15) is 0 Å². The Balaban J connectivity index is 1.94. The summed E-state index contributed by atoms with van der Waals surface area (Å²) >= 11 is 0. The van der Waals surface area contributed by atoms with E-state index in [9.17, 15) is 13.2 Å². The van der Waals surface area contributed by atoms with E-state index in [-0.39, 0.29) is 17.3 Å². The number of hydrogen-bond donors (Lipinski definition) is 1. The Labute approximate surface area is 141 Å². The first kappa shape index (κ1) is 16.7. The Hall–Kier alpha value is -2.12. The Morgan fingerprint density at radius 3 is 2.62 bits per heavy atom. The van der Waals surface area contributed by atoms with E-state index in [4.69, 9.17) is 4.42 Å². The summed E-state index contributed by atoms with van der Waals surface area (Å²) in [7, 11) is -3.69. The zero-order valence-corrected chi connectivity index (χ0v) is 14.7. The van der Waals surface area contributed by atoms with Gasteiger partial charge in [-0.25, -0.2) is 13.1 Å². The lowest BCUT2D eigenvalue weighted by Gasteiger charge is -2.18. The normalized spacial score (nSPS) is 16.5. The van der Waals surface area contributed by atoms with Crippen LogP contribution in [0.25, 0.3) is 0 Å². The third kappa shape index (κ3) is 2.63. The predicted octanol–water partition coefficient (Wildman–Crippen LogP) is 2.40. The molecule has 0 radical (unpaired) electrons. The minimum atomic E-state index is -3.69. The second-order valence-electron chi connectivity index (χ2n) is 6.26. The largest absolute Gasteiger partial charge is 0.468 e. The maximum absolute atomic E-state index is 12.5. The number of likely N-dealkylation sites (N-methyl/N-ethyl adjacent to an activating group) is 1. The van der Waals surface area contributed by atoms with Crippen molar-refractivity contribution in [2.45, 2.75) is 37.6 Å². The van der Waals surface area contributed by atoms with Crippen LogP contribution >= 0.6 is 0 Å². The smallest absolute Gasteiger partial charge is 0.240 e. The summed E-state index contributed by atoms with van der Waals surface area (Å²) in [6.07, 6.45) is 1.49. The first-order chi connectivity index (χ1) is 11.3. The molecular weight excluding hydrogens is 328 g/mol. The molecule has 0 atom stereocenters. The van der Waals surface area contributed by atoms with Crippen LogP contribution in [0.1, 0.15) is 32.1 Å². The molecular formula is C17H20N2O4S. The standard InChI is InChI=1S/C17H20N2O4S/c1-4-19-15-8-7-13(10-14(15)17(2,3)16(19)20)24(21,22)18-11-12-6-5-9-23-12/h5-10,18H,4,11H2,1-3H3. The van der Waals surface area contributed by atoms with Crippen molar-refractivity contribution in [3.63, 3.8) is 0 Å². The number of sulfonamides is 1. The van der Waals surface area contributed by atoms with Crippen LogP contribution in [0.5, 0.6) is 0 Å². The van der Waals surface area contributed by atoms with Gasteiger partial charge in [-0.1, -0.05) is 0 Å². The average molecular weight is 348 g/mol. The highest BCUT2D eigenvalue weighted by Gasteiger charge is 2.43. The minimum absolute atomic E-state index is 0.0157. The van der Waals surface area contributed by atoms with E-state index >= 15 is 0 Å². The number of anilines is 1. The monoisotopic (exact) mass is 348 g/mol. The van der Waals surface area contributed by atoms with Crippen LogP contribution < -0.4 is 9.62 Å². The summed E-state index contributed by atoms with van der Waals surface area (Å²) in [5.41, 5.74) is 0.769. The second kappa shape index (κ2) is 5.75. The zero-order valence-electron chi connectivity index (χ0n) is 13.9. The Morgan fingerprint density at radius 1 is 1.25 bits per heavy atom. The minimum Gasteiger partial charge on any atom is -0.468 e. The van der Waals surface area contributed by atoms with Gasteiger partial charge < -0.3 is 9.32 Å². The first-order valence-electron chi connectivity index (χ1n) is 7.76. The topological polar surface area (TPSA) is 79.6 Å². The van der Waals surface area contributed by atoms with E-state index in [0.717, 1.165) is 11.3 Å². The van der Waals surface area contributed by atoms with Crippen LogP contribution in [0.3, 0.4) is 0 Å². The molecule has 0 saturated heterocycles. The van der Waals surface area contributed by atoms with Gasteiger partial charge in [0.2, 0.25) is 15.9 Å². The molecule has 0 unspecified atom stereocenters. The number of carbonyl (C=O) groups excluding carboxylic acids is 1. The highest BCUT2D eigenvalue weighted by atomic mass is 32.2. The average Bonchev–Trinajstić information content (AvgIpc) is 3.12. The second-order valence-corrected chi connectivity index (χ2v) is 8.02. The Bertz CT molecular complexity index is 870. The predicted molar refractivity (Wildman–Crippen MR) is 90.2 cm³/mol. The molecule has 1 N–H and O–H groups in total. The number of benzene rings is 1. The summed E-state index contributed by atoms with van der Waals surface area (Å²) in [4.78, 5) is 14.3. The molecule has 2 heterocycles. The molecule has 0 spiro atoms. The van der Waals surface area contributed by atoms with Crippen molar-refractivity contribution >= 4 is 21.6 Å². The third-order valence-corrected chi connectivity index (χ3v) is 5.75. The number of nitrogens with zero attached hydrogens (tertiary/aromatic N) is 1. The molecule has 6 nitrogen and oxygen atoms in total. The third-order valence-electron chi connectivity index (χ3n) is 4.36. The van der Waals surface area contributed by atoms with Crippen LogP contribution in [-0.2, 0) is 26.8 Å². The fraction of sp³-hybridized carbons (Fsp3) is 0.353. The first-order valence-corrected chi connectivity index (χ1v) is 9.24. The fourth-order valence-electron chi connectivity index (χ4n) is 2.96. The van der Waals surface area contributed by atoms with Crippen LogP contribution in [-0.4, -0.2) is 20.9 Å². The molecule has 1 aromatic heterocycles. The van der Waals surface area contributed by atoms with Crippen molar-refractivity contribution in [3.05, 3.63) is 47.9 Å². The van der Waals surface area contributed by atoms with Crippen molar-refractivity contribution in [2.75, 3.05) is 11.4 Å². The van der Waals surface area contributed by atoms with E-state index in [2.05, 4.69) is 4.72 Å². The van der Waals surface area contributed by atoms with E-state index in [0.29, 0.717) is 12.3 Å². The Kier molecular flexibility index (Phi) is 4.01. The van der Waals surface area contributed by atoms with Crippen molar-refractivity contribution in [3.8, 4) is 0 Å². The van der Waals surface area contributed by atoms with Crippen LogP contribution in [0.15, 0.2) is 45.9 Å². The molecule has 7 heteroatoms. The number of rotatable bonds is 5. The van der Waals surface area contributed by atoms with Gasteiger partial charge in [-0.3, -0.25) is 4.79 Å². The van der Waals surface area contributed by atoms with Crippen LogP contribution in [0.4, 0.5) is 5.69 Å². The molecule has 24 heavy (non-hydrogen) atoms.